The van der Waals surface area contributed by atoms with Gasteiger partial charge in [0, 0.05) is 18.2 Å². The Morgan fingerprint density at radius 2 is 1.49 bits per heavy atom. The van der Waals surface area contributed by atoms with Crippen LogP contribution in [-0.2, 0) is 9.59 Å². The molecule has 0 bridgehead atoms. The average molecular weight is 545 g/mol. The number of hydrogen-bond acceptors (Lipinski definition) is 8. The number of hydrogen-bond donors (Lipinski definition) is 3. The molecule has 0 aromatic heterocycles. The Labute approximate surface area is 225 Å². The number of carboxylic acids is 2. The lowest BCUT2D eigenvalue weighted by Gasteiger charge is -2.23. The number of aliphatic carboxylic acids is 2. The largest absolute Gasteiger partial charge is 0.491 e. The van der Waals surface area contributed by atoms with Crippen molar-refractivity contribution >= 4 is 29.6 Å². The van der Waals surface area contributed by atoms with Crippen molar-refractivity contribution in [3.63, 3.8) is 0 Å². The Morgan fingerprint density at radius 1 is 0.897 bits per heavy atom. The Balaban J connectivity index is 2.46. The molecule has 0 fully saturated rings. The van der Waals surface area contributed by atoms with E-state index >= 15 is 0 Å². The van der Waals surface area contributed by atoms with Gasteiger partial charge in [0.25, 0.3) is 5.91 Å². The quantitative estimate of drug-likeness (QED) is 0.296. The summed E-state index contributed by atoms with van der Waals surface area (Å²) >= 11 is 0. The van der Waals surface area contributed by atoms with E-state index in [-0.39, 0.29) is 53.0 Å². The van der Waals surface area contributed by atoms with Gasteiger partial charge in [0.1, 0.15) is 28.7 Å². The minimum Gasteiger partial charge on any atom is -0.491 e. The zero-order valence-corrected chi connectivity index (χ0v) is 22.1. The molecule has 0 aliphatic carbocycles. The number of anilines is 1. The number of nitrogens with zero attached hydrogens (tertiary/aromatic N) is 1. The molecule has 0 radical (unpaired) electrons. The number of amides is 3. The van der Waals surface area contributed by atoms with Crippen LogP contribution >= 0.6 is 0 Å². The molecule has 0 saturated carbocycles. The lowest BCUT2D eigenvalue weighted by molar-refractivity contribution is -0.140. The topological polar surface area (TPSA) is 161 Å². The molecule has 0 aliphatic heterocycles. The first kappa shape index (κ1) is 30.5. The third-order valence-corrected chi connectivity index (χ3v) is 4.60. The fraction of sp³-hybridized carbons (Fsp3) is 0.333. The number of urea groups is 1. The van der Waals surface area contributed by atoms with Crippen LogP contribution in [0, 0.1) is 0 Å². The number of carboxylic acid groups (broad SMARTS) is 2. The summed E-state index contributed by atoms with van der Waals surface area (Å²) in [7, 11) is 0. The maximum atomic E-state index is 13.5. The minimum absolute atomic E-state index is 0.0143. The maximum Gasteiger partial charge on any atom is 0.341 e. The van der Waals surface area contributed by atoms with E-state index in [0.29, 0.717) is 0 Å². The summed E-state index contributed by atoms with van der Waals surface area (Å²) in [5, 5.41) is 20.6. The standard InChI is InChI=1S/C27H32N2O10/c1-6-10-29(26(34)18-11-19(36-14-23(30)31)13-20(12-18)38-16(2)3)27(35)28-25-21(37-15-24(32)33)8-7-9-22(25)39-17(4)5/h6-9,11-13,16-17H,1,10,14-15H2,2-5H3,(H,28,35)(H,30,31)(H,32,33). The first-order valence-electron chi connectivity index (χ1n) is 12.0. The number of carbonyl (C=O) groups is 4. The van der Waals surface area contributed by atoms with Gasteiger partial charge >= 0.3 is 18.0 Å². The van der Waals surface area contributed by atoms with Gasteiger partial charge in [-0.25, -0.2) is 14.4 Å². The van der Waals surface area contributed by atoms with Crippen LogP contribution in [0.2, 0.25) is 0 Å². The molecule has 0 spiro atoms. The number of nitrogens with one attached hydrogen (secondary N) is 1. The van der Waals surface area contributed by atoms with E-state index in [4.69, 9.17) is 29.2 Å². The molecule has 0 saturated heterocycles. The molecule has 0 unspecified atom stereocenters. The Kier molecular flexibility index (Phi) is 11.1. The highest BCUT2D eigenvalue weighted by atomic mass is 16.5. The third kappa shape index (κ3) is 9.58. The van der Waals surface area contributed by atoms with E-state index in [2.05, 4.69) is 11.9 Å². The van der Waals surface area contributed by atoms with Crippen LogP contribution in [0.25, 0.3) is 0 Å². The van der Waals surface area contributed by atoms with E-state index in [1.54, 1.807) is 39.8 Å². The third-order valence-electron chi connectivity index (χ3n) is 4.60. The molecule has 210 valence electrons. The van der Waals surface area contributed by atoms with Gasteiger partial charge in [-0.3, -0.25) is 9.69 Å². The first-order chi connectivity index (χ1) is 18.4. The second kappa shape index (κ2) is 14.3. The number of benzene rings is 2. The summed E-state index contributed by atoms with van der Waals surface area (Å²) in [6, 6.07) is 7.81. The van der Waals surface area contributed by atoms with Gasteiger partial charge in [0.05, 0.1) is 12.2 Å². The summed E-state index contributed by atoms with van der Waals surface area (Å²) in [5.74, 6) is -2.70. The summed E-state index contributed by atoms with van der Waals surface area (Å²) in [6.07, 6.45) is 0.776. The second-order valence-corrected chi connectivity index (χ2v) is 8.66. The van der Waals surface area contributed by atoms with Crippen molar-refractivity contribution in [2.45, 2.75) is 39.9 Å². The summed E-state index contributed by atoms with van der Waals surface area (Å²) < 4.78 is 22.0. The van der Waals surface area contributed by atoms with E-state index in [9.17, 15) is 19.2 Å². The van der Waals surface area contributed by atoms with Crippen LogP contribution in [0.5, 0.6) is 23.0 Å². The van der Waals surface area contributed by atoms with Crippen molar-refractivity contribution in [2.75, 3.05) is 25.1 Å². The van der Waals surface area contributed by atoms with Crippen molar-refractivity contribution in [2.24, 2.45) is 0 Å². The van der Waals surface area contributed by atoms with E-state index < -0.39 is 37.1 Å². The highest BCUT2D eigenvalue weighted by Gasteiger charge is 2.26. The Morgan fingerprint density at radius 3 is 2.08 bits per heavy atom. The number of para-hydroxylation sites is 1. The van der Waals surface area contributed by atoms with Crippen LogP contribution in [0.15, 0.2) is 49.1 Å². The Hall–Kier alpha value is -4.74. The molecule has 3 amide bonds. The van der Waals surface area contributed by atoms with E-state index in [1.807, 2.05) is 0 Å². The van der Waals surface area contributed by atoms with Gasteiger partial charge in [0.2, 0.25) is 0 Å². The minimum atomic E-state index is -1.23. The molecule has 2 aromatic carbocycles. The number of carbonyl (C=O) groups excluding carboxylic acids is 2. The second-order valence-electron chi connectivity index (χ2n) is 8.66. The summed E-state index contributed by atoms with van der Waals surface area (Å²) in [4.78, 5) is 49.8. The predicted octanol–water partition coefficient (Wildman–Crippen LogP) is 4.05. The van der Waals surface area contributed by atoms with Crippen molar-refractivity contribution in [1.29, 1.82) is 0 Å². The molecule has 12 heteroatoms. The van der Waals surface area contributed by atoms with Crippen molar-refractivity contribution in [1.82, 2.24) is 4.90 Å². The van der Waals surface area contributed by atoms with Crippen LogP contribution in [0.1, 0.15) is 38.1 Å². The maximum absolute atomic E-state index is 13.5. The smallest absolute Gasteiger partial charge is 0.341 e. The van der Waals surface area contributed by atoms with Crippen molar-refractivity contribution in [3.05, 3.63) is 54.6 Å². The first-order valence-corrected chi connectivity index (χ1v) is 12.0. The molecule has 39 heavy (non-hydrogen) atoms. The summed E-state index contributed by atoms with van der Waals surface area (Å²) in [5.41, 5.74) is 0.0151. The fourth-order valence-electron chi connectivity index (χ4n) is 3.23. The van der Waals surface area contributed by atoms with Gasteiger partial charge in [0.15, 0.2) is 13.2 Å². The average Bonchev–Trinajstić information content (AvgIpc) is 2.84. The lowest BCUT2D eigenvalue weighted by Crippen LogP contribution is -2.40. The van der Waals surface area contributed by atoms with Crippen molar-refractivity contribution in [3.8, 4) is 23.0 Å². The van der Waals surface area contributed by atoms with E-state index in [1.165, 1.54) is 30.3 Å². The number of imide groups is 1. The van der Waals surface area contributed by atoms with Gasteiger partial charge in [-0.15, -0.1) is 6.58 Å². The highest BCUT2D eigenvalue weighted by molar-refractivity contribution is 6.09. The molecular formula is C27H32N2O10. The lowest BCUT2D eigenvalue weighted by atomic mass is 10.1. The van der Waals surface area contributed by atoms with Gasteiger partial charge in [-0.2, -0.15) is 0 Å². The molecule has 12 nitrogen and oxygen atoms in total. The van der Waals surface area contributed by atoms with Gasteiger partial charge in [-0.1, -0.05) is 12.1 Å². The zero-order valence-electron chi connectivity index (χ0n) is 22.1. The molecule has 2 aromatic rings. The Bertz CT molecular complexity index is 1210. The summed E-state index contributed by atoms with van der Waals surface area (Å²) in [6.45, 7) is 9.14. The normalized spacial score (nSPS) is 10.5. The fourth-order valence-corrected chi connectivity index (χ4v) is 3.23. The predicted molar refractivity (Wildman–Crippen MR) is 141 cm³/mol. The molecule has 0 atom stereocenters. The van der Waals surface area contributed by atoms with Crippen LogP contribution in [0.3, 0.4) is 0 Å². The van der Waals surface area contributed by atoms with Crippen LogP contribution < -0.4 is 24.3 Å². The molecular weight excluding hydrogens is 512 g/mol. The van der Waals surface area contributed by atoms with Crippen LogP contribution in [0.4, 0.5) is 10.5 Å². The van der Waals surface area contributed by atoms with Crippen LogP contribution in [-0.4, -0.2) is 71.0 Å². The number of ether oxygens (including phenoxy) is 4. The molecule has 0 aliphatic rings. The van der Waals surface area contributed by atoms with Gasteiger partial charge < -0.3 is 34.5 Å². The molecule has 3 N–H and O–H groups in total. The van der Waals surface area contributed by atoms with E-state index in [0.717, 1.165) is 4.90 Å². The van der Waals surface area contributed by atoms with Crippen molar-refractivity contribution < 1.29 is 48.3 Å². The monoisotopic (exact) mass is 544 g/mol. The molecule has 0 heterocycles. The highest BCUT2D eigenvalue weighted by Crippen LogP contribution is 2.36. The zero-order chi connectivity index (χ0) is 29.1. The van der Waals surface area contributed by atoms with Gasteiger partial charge in [-0.05, 0) is 52.0 Å². The SMILES string of the molecule is C=CCN(C(=O)Nc1c(OCC(=O)O)cccc1OC(C)C)C(=O)c1cc(OCC(=O)O)cc(OC(C)C)c1. The number of rotatable bonds is 14. The molecule has 2 rings (SSSR count).